The van der Waals surface area contributed by atoms with E-state index in [0.717, 1.165) is 24.4 Å². The molecule has 3 rings (SSSR count). The van der Waals surface area contributed by atoms with Crippen LogP contribution in [0.15, 0.2) is 66.3 Å². The standard InChI is InChI=1S/C21H25N3OS/c1-24(2)19(21-10-6-12-26-21)15-23-14-18-8-3-4-9-20(18)25-16-17-7-5-11-22-13-17/h3-13,19,23H,14-16H2,1-2H3. The maximum atomic E-state index is 6.01. The Bertz CT molecular complexity index is 775. The highest BCUT2D eigenvalue weighted by molar-refractivity contribution is 7.10. The highest BCUT2D eigenvalue weighted by Gasteiger charge is 2.14. The molecule has 0 amide bonds. The van der Waals surface area contributed by atoms with E-state index in [0.29, 0.717) is 12.6 Å². The van der Waals surface area contributed by atoms with Crippen LogP contribution in [0.2, 0.25) is 0 Å². The Labute approximate surface area is 159 Å². The zero-order chi connectivity index (χ0) is 18.2. The Hall–Kier alpha value is -2.21. The average molecular weight is 368 g/mol. The molecule has 3 aromatic rings. The first kappa shape index (κ1) is 18.6. The normalized spacial score (nSPS) is 12.3. The number of benzene rings is 1. The molecular formula is C21H25N3OS. The predicted octanol–water partition coefficient (Wildman–Crippen LogP) is 4.11. The van der Waals surface area contributed by atoms with Gasteiger partial charge in [-0.25, -0.2) is 0 Å². The van der Waals surface area contributed by atoms with Crippen molar-refractivity contribution in [2.45, 2.75) is 19.2 Å². The topological polar surface area (TPSA) is 37.4 Å². The van der Waals surface area contributed by atoms with Crippen molar-refractivity contribution in [2.75, 3.05) is 20.6 Å². The molecule has 1 atom stereocenters. The molecule has 1 N–H and O–H groups in total. The van der Waals surface area contributed by atoms with E-state index in [1.54, 1.807) is 17.5 Å². The Morgan fingerprint density at radius 2 is 2.00 bits per heavy atom. The zero-order valence-electron chi connectivity index (χ0n) is 15.3. The lowest BCUT2D eigenvalue weighted by Gasteiger charge is -2.24. The molecule has 1 aromatic carbocycles. The molecule has 1 unspecified atom stereocenters. The summed E-state index contributed by atoms with van der Waals surface area (Å²) in [6, 6.07) is 16.8. The van der Waals surface area contributed by atoms with Crippen LogP contribution in [0.25, 0.3) is 0 Å². The van der Waals surface area contributed by atoms with E-state index in [4.69, 9.17) is 4.74 Å². The number of pyridine rings is 1. The molecule has 0 radical (unpaired) electrons. The minimum atomic E-state index is 0.374. The van der Waals surface area contributed by atoms with Gasteiger partial charge in [-0.05, 0) is 37.7 Å². The van der Waals surface area contributed by atoms with Crippen molar-refractivity contribution in [1.29, 1.82) is 0 Å². The van der Waals surface area contributed by atoms with Gasteiger partial charge in [0.05, 0.1) is 6.04 Å². The highest BCUT2D eigenvalue weighted by atomic mass is 32.1. The lowest BCUT2D eigenvalue weighted by molar-refractivity contribution is 0.287. The molecule has 5 heteroatoms. The highest BCUT2D eigenvalue weighted by Crippen LogP contribution is 2.23. The van der Waals surface area contributed by atoms with Crippen LogP contribution in [0.4, 0.5) is 0 Å². The van der Waals surface area contributed by atoms with Gasteiger partial charge in [-0.2, -0.15) is 0 Å². The fourth-order valence-corrected chi connectivity index (χ4v) is 3.72. The maximum absolute atomic E-state index is 6.01. The number of aromatic nitrogens is 1. The van der Waals surface area contributed by atoms with Gasteiger partial charge in [-0.15, -0.1) is 11.3 Å². The third-order valence-electron chi connectivity index (χ3n) is 4.24. The molecule has 0 saturated carbocycles. The van der Waals surface area contributed by atoms with Gasteiger partial charge in [-0.3, -0.25) is 4.98 Å². The minimum Gasteiger partial charge on any atom is -0.489 e. The van der Waals surface area contributed by atoms with E-state index >= 15 is 0 Å². The summed E-state index contributed by atoms with van der Waals surface area (Å²) in [5.41, 5.74) is 2.24. The first-order valence-corrected chi connectivity index (χ1v) is 9.62. The average Bonchev–Trinajstić information content (AvgIpc) is 3.19. The number of para-hydroxylation sites is 1. The van der Waals surface area contributed by atoms with Gasteiger partial charge in [0, 0.05) is 41.5 Å². The molecule has 26 heavy (non-hydrogen) atoms. The van der Waals surface area contributed by atoms with Crippen LogP contribution in [0.5, 0.6) is 5.75 Å². The number of nitrogens with zero attached hydrogens (tertiary/aromatic N) is 2. The van der Waals surface area contributed by atoms with Crippen molar-refractivity contribution in [3.05, 3.63) is 82.3 Å². The molecule has 136 valence electrons. The second kappa shape index (κ2) is 9.48. The van der Waals surface area contributed by atoms with Crippen LogP contribution in [-0.2, 0) is 13.2 Å². The summed E-state index contributed by atoms with van der Waals surface area (Å²) in [5.74, 6) is 0.918. The molecule has 2 aromatic heterocycles. The Kier molecular flexibility index (Phi) is 6.77. The van der Waals surface area contributed by atoms with Gasteiger partial charge < -0.3 is 15.0 Å². The maximum Gasteiger partial charge on any atom is 0.124 e. The second-order valence-electron chi connectivity index (χ2n) is 6.38. The lowest BCUT2D eigenvalue weighted by atomic mass is 10.1. The minimum absolute atomic E-state index is 0.374. The summed E-state index contributed by atoms with van der Waals surface area (Å²) < 4.78 is 6.01. The first-order valence-electron chi connectivity index (χ1n) is 8.74. The van der Waals surface area contributed by atoms with Crippen LogP contribution in [0.3, 0.4) is 0 Å². The number of rotatable bonds is 9. The smallest absolute Gasteiger partial charge is 0.124 e. The largest absolute Gasteiger partial charge is 0.489 e. The number of likely N-dealkylation sites (N-methyl/N-ethyl adjacent to an activating group) is 1. The van der Waals surface area contributed by atoms with Gasteiger partial charge in [0.25, 0.3) is 0 Å². The van der Waals surface area contributed by atoms with Crippen LogP contribution in [-0.4, -0.2) is 30.5 Å². The Balaban J connectivity index is 1.58. The number of nitrogens with one attached hydrogen (secondary N) is 1. The molecular weight excluding hydrogens is 342 g/mol. The van der Waals surface area contributed by atoms with Gasteiger partial charge in [0.2, 0.25) is 0 Å². The van der Waals surface area contributed by atoms with E-state index in [1.807, 2.05) is 30.5 Å². The summed E-state index contributed by atoms with van der Waals surface area (Å²) >= 11 is 1.80. The summed E-state index contributed by atoms with van der Waals surface area (Å²) in [6.07, 6.45) is 3.61. The van der Waals surface area contributed by atoms with E-state index in [-0.39, 0.29) is 0 Å². The Morgan fingerprint density at radius 3 is 2.73 bits per heavy atom. The van der Waals surface area contributed by atoms with Gasteiger partial charge >= 0.3 is 0 Å². The molecule has 0 fully saturated rings. The van der Waals surface area contributed by atoms with Gasteiger partial charge in [0.1, 0.15) is 12.4 Å². The third kappa shape index (κ3) is 5.14. The molecule has 4 nitrogen and oxygen atoms in total. The number of hydrogen-bond acceptors (Lipinski definition) is 5. The van der Waals surface area contributed by atoms with Crippen molar-refractivity contribution in [1.82, 2.24) is 15.2 Å². The summed E-state index contributed by atoms with van der Waals surface area (Å²) in [6.45, 7) is 2.20. The fraction of sp³-hybridized carbons (Fsp3) is 0.286. The molecule has 0 aliphatic heterocycles. The zero-order valence-corrected chi connectivity index (χ0v) is 16.1. The van der Waals surface area contributed by atoms with Crippen molar-refractivity contribution in [3.63, 3.8) is 0 Å². The van der Waals surface area contributed by atoms with Crippen molar-refractivity contribution >= 4 is 11.3 Å². The SMILES string of the molecule is CN(C)C(CNCc1ccccc1OCc1cccnc1)c1cccs1. The number of hydrogen-bond donors (Lipinski definition) is 1. The molecule has 0 spiro atoms. The predicted molar refractivity (Wildman–Crippen MR) is 107 cm³/mol. The summed E-state index contributed by atoms with van der Waals surface area (Å²) in [4.78, 5) is 7.77. The summed E-state index contributed by atoms with van der Waals surface area (Å²) in [7, 11) is 4.24. The molecule has 0 aliphatic carbocycles. The fourth-order valence-electron chi connectivity index (χ4n) is 2.80. The van der Waals surface area contributed by atoms with Crippen molar-refractivity contribution < 1.29 is 4.74 Å². The molecule has 2 heterocycles. The number of thiophene rings is 1. The molecule has 0 aliphatic rings. The second-order valence-corrected chi connectivity index (χ2v) is 7.36. The Morgan fingerprint density at radius 1 is 1.12 bits per heavy atom. The van der Waals surface area contributed by atoms with Crippen molar-refractivity contribution in [2.24, 2.45) is 0 Å². The van der Waals surface area contributed by atoms with E-state index in [2.05, 4.69) is 58.9 Å². The number of ether oxygens (including phenoxy) is 1. The monoisotopic (exact) mass is 367 g/mol. The van der Waals surface area contributed by atoms with Crippen molar-refractivity contribution in [3.8, 4) is 5.75 Å². The quantitative estimate of drug-likeness (QED) is 0.617. The van der Waals surface area contributed by atoms with E-state index in [1.165, 1.54) is 10.4 Å². The van der Waals surface area contributed by atoms with E-state index < -0.39 is 0 Å². The first-order chi connectivity index (χ1) is 12.7. The van der Waals surface area contributed by atoms with Crippen LogP contribution in [0, 0.1) is 0 Å². The van der Waals surface area contributed by atoms with Crippen LogP contribution >= 0.6 is 11.3 Å². The molecule has 0 bridgehead atoms. The van der Waals surface area contributed by atoms with Gasteiger partial charge in [0.15, 0.2) is 0 Å². The third-order valence-corrected chi connectivity index (χ3v) is 5.21. The lowest BCUT2D eigenvalue weighted by Crippen LogP contribution is -2.30. The van der Waals surface area contributed by atoms with Crippen LogP contribution < -0.4 is 10.1 Å². The van der Waals surface area contributed by atoms with E-state index in [9.17, 15) is 0 Å². The van der Waals surface area contributed by atoms with Crippen LogP contribution in [0.1, 0.15) is 22.0 Å². The molecule has 0 saturated heterocycles. The summed E-state index contributed by atoms with van der Waals surface area (Å²) in [5, 5.41) is 5.71. The van der Waals surface area contributed by atoms with Gasteiger partial charge in [-0.1, -0.05) is 30.3 Å².